The van der Waals surface area contributed by atoms with Gasteiger partial charge in [-0.15, -0.1) is 0 Å². The number of aromatic nitrogens is 1. The summed E-state index contributed by atoms with van der Waals surface area (Å²) in [6, 6.07) is 4.00. The molecule has 1 aromatic rings. The molecule has 0 fully saturated rings. The highest BCUT2D eigenvalue weighted by atomic mass is 16.5. The summed E-state index contributed by atoms with van der Waals surface area (Å²) < 4.78 is 5.07. The monoisotopic (exact) mass is 193 g/mol. The van der Waals surface area contributed by atoms with Gasteiger partial charge in [0.1, 0.15) is 5.75 Å². The Morgan fingerprint density at radius 1 is 1.29 bits per heavy atom. The fourth-order valence-corrected chi connectivity index (χ4v) is 1.21. The molecule has 0 aliphatic heterocycles. The molecule has 1 unspecified atom stereocenters. The fraction of sp³-hybridized carbons (Fsp3) is 0.583. The summed E-state index contributed by atoms with van der Waals surface area (Å²) in [4.78, 5) is 4.39. The van der Waals surface area contributed by atoms with Gasteiger partial charge in [0.2, 0.25) is 0 Å². The molecule has 1 rings (SSSR count). The number of hydrogen-bond acceptors (Lipinski definition) is 2. The molecule has 0 spiro atoms. The lowest BCUT2D eigenvalue weighted by Crippen LogP contribution is -2.16. The summed E-state index contributed by atoms with van der Waals surface area (Å²) in [5, 5.41) is 0. The van der Waals surface area contributed by atoms with Crippen LogP contribution in [0.2, 0.25) is 0 Å². The van der Waals surface area contributed by atoms with Crippen molar-refractivity contribution < 1.29 is 4.74 Å². The number of pyridine rings is 1. The second kappa shape index (κ2) is 3.99. The van der Waals surface area contributed by atoms with Gasteiger partial charge in [-0.05, 0) is 17.5 Å². The molecular formula is C12H19NO. The Balaban J connectivity index is 2.87. The molecule has 0 N–H and O–H groups in total. The van der Waals surface area contributed by atoms with Gasteiger partial charge in [0.25, 0.3) is 0 Å². The molecule has 1 atom stereocenters. The van der Waals surface area contributed by atoms with Gasteiger partial charge in [-0.2, -0.15) is 0 Å². The van der Waals surface area contributed by atoms with Crippen LogP contribution in [0.4, 0.5) is 0 Å². The first-order valence-electron chi connectivity index (χ1n) is 4.95. The quantitative estimate of drug-likeness (QED) is 0.719. The van der Waals surface area contributed by atoms with Gasteiger partial charge >= 0.3 is 0 Å². The van der Waals surface area contributed by atoms with E-state index in [1.54, 1.807) is 13.3 Å². The Labute approximate surface area is 86.3 Å². The first-order chi connectivity index (χ1) is 6.45. The SMILES string of the molecule is COc1ccc(C(C)C(C)(C)C)nc1. The van der Waals surface area contributed by atoms with Crippen LogP contribution in [-0.4, -0.2) is 12.1 Å². The van der Waals surface area contributed by atoms with E-state index in [9.17, 15) is 0 Å². The van der Waals surface area contributed by atoms with Crippen LogP contribution in [0.25, 0.3) is 0 Å². The molecule has 2 nitrogen and oxygen atoms in total. The number of nitrogens with zero attached hydrogens (tertiary/aromatic N) is 1. The molecule has 2 heteroatoms. The summed E-state index contributed by atoms with van der Waals surface area (Å²) >= 11 is 0. The van der Waals surface area contributed by atoms with E-state index in [0.29, 0.717) is 5.92 Å². The van der Waals surface area contributed by atoms with Crippen molar-refractivity contribution in [2.24, 2.45) is 5.41 Å². The third-order valence-corrected chi connectivity index (χ3v) is 2.74. The molecule has 0 saturated heterocycles. The Morgan fingerprint density at radius 3 is 2.29 bits per heavy atom. The molecule has 0 aliphatic rings. The number of rotatable bonds is 2. The van der Waals surface area contributed by atoms with Crippen LogP contribution in [0.3, 0.4) is 0 Å². The molecule has 14 heavy (non-hydrogen) atoms. The lowest BCUT2D eigenvalue weighted by Gasteiger charge is -2.26. The van der Waals surface area contributed by atoms with E-state index in [0.717, 1.165) is 11.4 Å². The molecule has 1 aromatic heterocycles. The van der Waals surface area contributed by atoms with Crippen molar-refractivity contribution in [2.45, 2.75) is 33.6 Å². The van der Waals surface area contributed by atoms with E-state index in [2.05, 4.69) is 32.7 Å². The van der Waals surface area contributed by atoms with Crippen LogP contribution in [0.5, 0.6) is 5.75 Å². The minimum absolute atomic E-state index is 0.252. The van der Waals surface area contributed by atoms with Crippen molar-refractivity contribution in [1.29, 1.82) is 0 Å². The van der Waals surface area contributed by atoms with Crippen molar-refractivity contribution in [3.8, 4) is 5.75 Å². The maximum atomic E-state index is 5.07. The third kappa shape index (κ3) is 2.47. The topological polar surface area (TPSA) is 22.1 Å². The Hall–Kier alpha value is -1.05. The predicted octanol–water partition coefficient (Wildman–Crippen LogP) is 3.24. The van der Waals surface area contributed by atoms with Gasteiger partial charge in [0.15, 0.2) is 0 Å². The third-order valence-electron chi connectivity index (χ3n) is 2.74. The van der Waals surface area contributed by atoms with Crippen LogP contribution in [0.1, 0.15) is 39.3 Å². The van der Waals surface area contributed by atoms with E-state index >= 15 is 0 Å². The number of methoxy groups -OCH3 is 1. The maximum Gasteiger partial charge on any atom is 0.137 e. The van der Waals surface area contributed by atoms with Gasteiger partial charge in [-0.3, -0.25) is 4.98 Å². The molecule has 0 aromatic carbocycles. The van der Waals surface area contributed by atoms with Gasteiger partial charge < -0.3 is 4.74 Å². The normalized spacial score (nSPS) is 13.8. The fourth-order valence-electron chi connectivity index (χ4n) is 1.21. The number of hydrogen-bond donors (Lipinski definition) is 0. The van der Waals surface area contributed by atoms with Crippen LogP contribution >= 0.6 is 0 Å². The largest absolute Gasteiger partial charge is 0.495 e. The Kier molecular flexibility index (Phi) is 3.14. The molecule has 0 saturated carbocycles. The first kappa shape index (κ1) is 11.0. The highest BCUT2D eigenvalue weighted by molar-refractivity contribution is 5.22. The van der Waals surface area contributed by atoms with Crippen molar-refractivity contribution in [3.63, 3.8) is 0 Å². The van der Waals surface area contributed by atoms with Gasteiger partial charge in [0.05, 0.1) is 13.3 Å². The van der Waals surface area contributed by atoms with Gasteiger partial charge in [0, 0.05) is 11.6 Å². The van der Waals surface area contributed by atoms with E-state index in [-0.39, 0.29) is 5.41 Å². The van der Waals surface area contributed by atoms with Crippen LogP contribution in [0.15, 0.2) is 18.3 Å². The molecular weight excluding hydrogens is 174 g/mol. The lowest BCUT2D eigenvalue weighted by molar-refractivity contribution is 0.333. The summed E-state index contributed by atoms with van der Waals surface area (Å²) in [5.74, 6) is 1.27. The first-order valence-corrected chi connectivity index (χ1v) is 4.95. The Morgan fingerprint density at radius 2 is 1.93 bits per heavy atom. The summed E-state index contributed by atoms with van der Waals surface area (Å²) in [5.41, 5.74) is 1.38. The molecule has 0 amide bonds. The zero-order valence-electron chi connectivity index (χ0n) is 9.66. The van der Waals surface area contributed by atoms with Crippen molar-refractivity contribution in [3.05, 3.63) is 24.0 Å². The lowest BCUT2D eigenvalue weighted by atomic mass is 9.80. The summed E-state index contributed by atoms with van der Waals surface area (Å²) in [7, 11) is 1.66. The zero-order valence-corrected chi connectivity index (χ0v) is 9.66. The van der Waals surface area contributed by atoms with Crippen molar-refractivity contribution in [1.82, 2.24) is 4.98 Å². The molecule has 0 aliphatic carbocycles. The predicted molar refractivity (Wildman–Crippen MR) is 58.7 cm³/mol. The minimum atomic E-state index is 0.252. The van der Waals surface area contributed by atoms with E-state index in [1.807, 2.05) is 12.1 Å². The smallest absolute Gasteiger partial charge is 0.137 e. The standard InChI is InChI=1S/C12H19NO/c1-9(12(2,3)4)11-7-6-10(14-5)8-13-11/h6-9H,1-5H3. The van der Waals surface area contributed by atoms with Crippen LogP contribution < -0.4 is 4.74 Å². The average Bonchev–Trinajstić information content (AvgIpc) is 2.15. The molecule has 1 heterocycles. The Bertz CT molecular complexity index is 284. The second-order valence-corrected chi connectivity index (χ2v) is 4.71. The van der Waals surface area contributed by atoms with Crippen molar-refractivity contribution >= 4 is 0 Å². The maximum absolute atomic E-state index is 5.07. The minimum Gasteiger partial charge on any atom is -0.495 e. The summed E-state index contributed by atoms with van der Waals surface area (Å²) in [6.07, 6.45) is 1.78. The average molecular weight is 193 g/mol. The van der Waals surface area contributed by atoms with E-state index in [1.165, 1.54) is 0 Å². The van der Waals surface area contributed by atoms with Gasteiger partial charge in [-0.25, -0.2) is 0 Å². The van der Waals surface area contributed by atoms with Crippen molar-refractivity contribution in [2.75, 3.05) is 7.11 Å². The van der Waals surface area contributed by atoms with E-state index < -0.39 is 0 Å². The van der Waals surface area contributed by atoms with E-state index in [4.69, 9.17) is 4.74 Å². The molecule has 78 valence electrons. The summed E-state index contributed by atoms with van der Waals surface area (Å²) in [6.45, 7) is 8.88. The molecule has 0 bridgehead atoms. The number of ether oxygens (including phenoxy) is 1. The highest BCUT2D eigenvalue weighted by Gasteiger charge is 2.22. The van der Waals surface area contributed by atoms with Crippen LogP contribution in [0, 0.1) is 5.41 Å². The highest BCUT2D eigenvalue weighted by Crippen LogP contribution is 2.33. The zero-order chi connectivity index (χ0) is 10.8. The molecule has 0 radical (unpaired) electrons. The second-order valence-electron chi connectivity index (χ2n) is 4.71. The van der Waals surface area contributed by atoms with Gasteiger partial charge in [-0.1, -0.05) is 27.7 Å². The van der Waals surface area contributed by atoms with Crippen LogP contribution in [-0.2, 0) is 0 Å².